The molecule has 0 heterocycles. The molecule has 0 saturated carbocycles. The van der Waals surface area contributed by atoms with Crippen LogP contribution in [0.1, 0.15) is 38.3 Å². The van der Waals surface area contributed by atoms with Crippen molar-refractivity contribution >= 4 is 27.5 Å². The van der Waals surface area contributed by atoms with Gasteiger partial charge in [-0.05, 0) is 62.6 Å². The third kappa shape index (κ3) is 7.58. The van der Waals surface area contributed by atoms with Gasteiger partial charge in [-0.15, -0.1) is 0 Å². The van der Waals surface area contributed by atoms with Crippen LogP contribution in [-0.4, -0.2) is 58.0 Å². The number of aryl methyl sites for hydroxylation is 1. The minimum Gasteiger partial charge on any atom is -0.493 e. The van der Waals surface area contributed by atoms with Crippen LogP contribution in [0.5, 0.6) is 11.5 Å². The number of rotatable bonds is 13. The number of benzene rings is 3. The van der Waals surface area contributed by atoms with Crippen molar-refractivity contribution in [2.24, 2.45) is 0 Å². The predicted molar refractivity (Wildman–Crippen MR) is 160 cm³/mol. The fourth-order valence-electron chi connectivity index (χ4n) is 4.25. The van der Waals surface area contributed by atoms with E-state index in [9.17, 15) is 18.0 Å². The summed E-state index contributed by atoms with van der Waals surface area (Å²) in [6, 6.07) is 19.2. The second-order valence-electron chi connectivity index (χ2n) is 9.81. The maximum absolute atomic E-state index is 14.1. The third-order valence-corrected chi connectivity index (χ3v) is 8.82. The summed E-state index contributed by atoms with van der Waals surface area (Å²) in [5, 5.41) is 2.94. The molecule has 2 atom stereocenters. The van der Waals surface area contributed by atoms with Crippen LogP contribution >= 0.6 is 0 Å². The minimum absolute atomic E-state index is 0.0237. The topological polar surface area (TPSA) is 105 Å². The first-order chi connectivity index (χ1) is 19.5. The molecule has 1 N–H and O–H groups in total. The van der Waals surface area contributed by atoms with Crippen LogP contribution in [0.2, 0.25) is 0 Å². The molecule has 3 rings (SSSR count). The SMILES string of the molecule is CC[C@H](C)NC(=O)[C@@H](C)N(Cc1ccccc1C)C(=O)CN(c1ccc(OC)c(OC)c1)S(=O)(=O)c1ccccc1. The van der Waals surface area contributed by atoms with Crippen LogP contribution in [0.15, 0.2) is 77.7 Å². The number of nitrogens with zero attached hydrogens (tertiary/aromatic N) is 2. The van der Waals surface area contributed by atoms with Gasteiger partial charge in [0.05, 0.1) is 24.8 Å². The minimum atomic E-state index is -4.19. The van der Waals surface area contributed by atoms with Crippen LogP contribution in [-0.2, 0) is 26.2 Å². The first-order valence-corrected chi connectivity index (χ1v) is 14.9. The Kier molecular flexibility index (Phi) is 10.8. The fourth-order valence-corrected chi connectivity index (χ4v) is 5.67. The Balaban J connectivity index is 2.08. The molecular formula is C31H39N3O6S. The second kappa shape index (κ2) is 14.0. The number of carbonyl (C=O) groups is 2. The lowest BCUT2D eigenvalue weighted by molar-refractivity contribution is -0.139. The number of hydrogen-bond donors (Lipinski definition) is 1. The van der Waals surface area contributed by atoms with Gasteiger partial charge in [-0.25, -0.2) is 8.42 Å². The van der Waals surface area contributed by atoms with Crippen LogP contribution in [0.3, 0.4) is 0 Å². The van der Waals surface area contributed by atoms with Gasteiger partial charge in [0.15, 0.2) is 11.5 Å². The van der Waals surface area contributed by atoms with Crippen molar-refractivity contribution in [2.45, 2.75) is 57.6 Å². The highest BCUT2D eigenvalue weighted by atomic mass is 32.2. The van der Waals surface area contributed by atoms with Crippen LogP contribution < -0.4 is 19.1 Å². The van der Waals surface area contributed by atoms with Gasteiger partial charge < -0.3 is 19.7 Å². The highest BCUT2D eigenvalue weighted by Crippen LogP contribution is 2.34. The van der Waals surface area contributed by atoms with Crippen LogP contribution in [0.4, 0.5) is 5.69 Å². The van der Waals surface area contributed by atoms with E-state index >= 15 is 0 Å². The van der Waals surface area contributed by atoms with Crippen molar-refractivity contribution in [3.8, 4) is 11.5 Å². The van der Waals surface area contributed by atoms with E-state index in [1.54, 1.807) is 37.3 Å². The van der Waals surface area contributed by atoms with Crippen LogP contribution in [0.25, 0.3) is 0 Å². The van der Waals surface area contributed by atoms with Crippen LogP contribution in [0, 0.1) is 6.92 Å². The fraction of sp³-hybridized carbons (Fsp3) is 0.355. The molecule has 0 aliphatic carbocycles. The van der Waals surface area contributed by atoms with E-state index in [2.05, 4.69) is 5.32 Å². The van der Waals surface area contributed by atoms with E-state index in [1.165, 1.54) is 37.3 Å². The number of sulfonamides is 1. The molecule has 0 saturated heterocycles. The number of hydrogen-bond acceptors (Lipinski definition) is 6. The Morgan fingerprint density at radius 3 is 2.15 bits per heavy atom. The average Bonchev–Trinajstić information content (AvgIpc) is 2.98. The number of carbonyl (C=O) groups excluding carboxylic acids is 2. The van der Waals surface area contributed by atoms with E-state index in [0.29, 0.717) is 11.5 Å². The number of ether oxygens (including phenoxy) is 2. The molecule has 0 fully saturated rings. The summed E-state index contributed by atoms with van der Waals surface area (Å²) < 4.78 is 39.7. The highest BCUT2D eigenvalue weighted by molar-refractivity contribution is 7.92. The summed E-state index contributed by atoms with van der Waals surface area (Å²) in [7, 11) is -1.26. The number of nitrogens with one attached hydrogen (secondary N) is 1. The average molecular weight is 582 g/mol. The van der Waals surface area contributed by atoms with E-state index in [-0.39, 0.29) is 29.1 Å². The first kappa shape index (κ1) is 31.5. The molecule has 41 heavy (non-hydrogen) atoms. The van der Waals surface area contributed by atoms with Gasteiger partial charge in [0.2, 0.25) is 11.8 Å². The zero-order chi connectivity index (χ0) is 30.2. The van der Waals surface area contributed by atoms with Crippen molar-refractivity contribution in [1.29, 1.82) is 0 Å². The summed E-state index contributed by atoms with van der Waals surface area (Å²) in [6.45, 7) is 7.02. The predicted octanol–water partition coefficient (Wildman–Crippen LogP) is 4.54. The summed E-state index contributed by atoms with van der Waals surface area (Å²) >= 11 is 0. The lowest BCUT2D eigenvalue weighted by atomic mass is 10.1. The molecule has 3 aromatic carbocycles. The Bertz CT molecular complexity index is 1450. The maximum Gasteiger partial charge on any atom is 0.264 e. The van der Waals surface area contributed by atoms with Gasteiger partial charge in [-0.1, -0.05) is 49.4 Å². The van der Waals surface area contributed by atoms with E-state index in [0.717, 1.165) is 21.9 Å². The lowest BCUT2D eigenvalue weighted by Crippen LogP contribution is -2.52. The normalized spacial score (nSPS) is 12.6. The van der Waals surface area contributed by atoms with Gasteiger partial charge in [0, 0.05) is 18.7 Å². The molecule has 0 aromatic heterocycles. The molecule has 220 valence electrons. The maximum atomic E-state index is 14.1. The molecule has 0 aliphatic rings. The smallest absolute Gasteiger partial charge is 0.264 e. The highest BCUT2D eigenvalue weighted by Gasteiger charge is 2.33. The zero-order valence-corrected chi connectivity index (χ0v) is 25.3. The molecule has 0 radical (unpaired) electrons. The summed E-state index contributed by atoms with van der Waals surface area (Å²) in [5.41, 5.74) is 2.02. The largest absolute Gasteiger partial charge is 0.493 e. The Labute approximate surface area is 243 Å². The molecule has 0 spiro atoms. The van der Waals surface area contributed by atoms with Crippen molar-refractivity contribution in [1.82, 2.24) is 10.2 Å². The number of anilines is 1. The summed E-state index contributed by atoms with van der Waals surface area (Å²) in [4.78, 5) is 28.7. The van der Waals surface area contributed by atoms with E-state index < -0.39 is 28.5 Å². The van der Waals surface area contributed by atoms with Gasteiger partial charge in [0.25, 0.3) is 10.0 Å². The standard InChI is InChI=1S/C31H39N3O6S/c1-7-23(3)32-31(36)24(4)33(20-25-14-12-11-13-22(25)2)30(35)21-34(41(37,38)27-15-9-8-10-16-27)26-17-18-28(39-5)29(19-26)40-6/h8-19,23-24H,7,20-21H2,1-6H3,(H,32,36)/t23-,24+/m0/s1. The molecular weight excluding hydrogens is 542 g/mol. The second-order valence-corrected chi connectivity index (χ2v) is 11.7. The summed E-state index contributed by atoms with van der Waals surface area (Å²) in [6.07, 6.45) is 0.729. The molecule has 10 heteroatoms. The van der Waals surface area contributed by atoms with Crippen molar-refractivity contribution in [3.05, 3.63) is 83.9 Å². The van der Waals surface area contributed by atoms with Gasteiger partial charge in [-0.3, -0.25) is 13.9 Å². The molecule has 0 unspecified atom stereocenters. The van der Waals surface area contributed by atoms with Gasteiger partial charge in [-0.2, -0.15) is 0 Å². The van der Waals surface area contributed by atoms with E-state index in [4.69, 9.17) is 9.47 Å². The summed E-state index contributed by atoms with van der Waals surface area (Å²) in [5.74, 6) is -0.126. The number of methoxy groups -OCH3 is 2. The number of amides is 2. The van der Waals surface area contributed by atoms with Gasteiger partial charge >= 0.3 is 0 Å². The van der Waals surface area contributed by atoms with Crippen molar-refractivity contribution < 1.29 is 27.5 Å². The first-order valence-electron chi connectivity index (χ1n) is 13.5. The lowest BCUT2D eigenvalue weighted by Gasteiger charge is -2.33. The van der Waals surface area contributed by atoms with Gasteiger partial charge in [0.1, 0.15) is 12.6 Å². The molecule has 0 aliphatic heterocycles. The Hall–Kier alpha value is -4.05. The quantitative estimate of drug-likeness (QED) is 0.318. The third-order valence-electron chi connectivity index (χ3n) is 7.04. The Morgan fingerprint density at radius 2 is 1.54 bits per heavy atom. The molecule has 2 amide bonds. The Morgan fingerprint density at radius 1 is 0.902 bits per heavy atom. The van der Waals surface area contributed by atoms with Crippen molar-refractivity contribution in [3.63, 3.8) is 0 Å². The molecule has 3 aromatic rings. The molecule has 9 nitrogen and oxygen atoms in total. The zero-order valence-electron chi connectivity index (χ0n) is 24.5. The van der Waals surface area contributed by atoms with E-state index in [1.807, 2.05) is 45.0 Å². The monoisotopic (exact) mass is 581 g/mol. The molecule has 0 bridgehead atoms. The van der Waals surface area contributed by atoms with Crippen molar-refractivity contribution in [2.75, 3.05) is 25.1 Å².